The van der Waals surface area contributed by atoms with Crippen LogP contribution >= 0.6 is 0 Å². The quantitative estimate of drug-likeness (QED) is 0.821. The fourth-order valence-electron chi connectivity index (χ4n) is 2.11. The smallest absolute Gasteiger partial charge is 0.231 e. The average Bonchev–Trinajstić information content (AvgIpc) is 2.78. The molecule has 1 aromatic heterocycles. The van der Waals surface area contributed by atoms with Crippen molar-refractivity contribution < 1.29 is 4.79 Å². The molecule has 6 nitrogen and oxygen atoms in total. The molecule has 1 aliphatic heterocycles. The molecule has 0 radical (unpaired) electrons. The number of nitrogens with one attached hydrogen (secondary N) is 2. The summed E-state index contributed by atoms with van der Waals surface area (Å²) in [6, 6.07) is 0. The third-order valence-electron chi connectivity index (χ3n) is 3.22. The summed E-state index contributed by atoms with van der Waals surface area (Å²) in [6.07, 6.45) is 3.42. The Morgan fingerprint density at radius 2 is 2.11 bits per heavy atom. The van der Waals surface area contributed by atoms with E-state index in [9.17, 15) is 4.79 Å². The van der Waals surface area contributed by atoms with Crippen molar-refractivity contribution >= 4 is 11.9 Å². The van der Waals surface area contributed by atoms with Crippen LogP contribution < -0.4 is 10.6 Å². The van der Waals surface area contributed by atoms with E-state index >= 15 is 0 Å². The molecule has 0 atom stereocenters. The Hall–Kier alpha value is -1.43. The van der Waals surface area contributed by atoms with E-state index < -0.39 is 0 Å². The average molecular weight is 251 g/mol. The van der Waals surface area contributed by atoms with Crippen molar-refractivity contribution in [3.63, 3.8) is 0 Å². The van der Waals surface area contributed by atoms with Gasteiger partial charge >= 0.3 is 0 Å². The molecule has 2 heterocycles. The molecule has 18 heavy (non-hydrogen) atoms. The predicted molar refractivity (Wildman–Crippen MR) is 69.2 cm³/mol. The van der Waals surface area contributed by atoms with Crippen LogP contribution in [0, 0.1) is 5.92 Å². The van der Waals surface area contributed by atoms with Crippen LogP contribution in [-0.2, 0) is 10.3 Å². The lowest BCUT2D eigenvalue weighted by Gasteiger charge is -2.24. The molecule has 1 fully saturated rings. The topological polar surface area (TPSA) is 71.8 Å². The predicted octanol–water partition coefficient (Wildman–Crippen LogP) is 0.971. The summed E-state index contributed by atoms with van der Waals surface area (Å²) < 4.78 is 1.88. The number of rotatable bonds is 2. The molecule has 0 aliphatic carbocycles. The van der Waals surface area contributed by atoms with Gasteiger partial charge in [-0.1, -0.05) is 0 Å². The van der Waals surface area contributed by atoms with Gasteiger partial charge in [0.1, 0.15) is 6.33 Å². The van der Waals surface area contributed by atoms with Crippen LogP contribution in [0.5, 0.6) is 0 Å². The van der Waals surface area contributed by atoms with E-state index in [-0.39, 0.29) is 17.4 Å². The maximum atomic E-state index is 12.1. The molecular formula is C12H21N5O. The first-order valence-electron chi connectivity index (χ1n) is 6.40. The number of hydrogen-bond donors (Lipinski definition) is 2. The summed E-state index contributed by atoms with van der Waals surface area (Å²) in [5.74, 6) is 0.664. The summed E-state index contributed by atoms with van der Waals surface area (Å²) in [4.78, 5) is 12.1. The summed E-state index contributed by atoms with van der Waals surface area (Å²) in [7, 11) is 0. The molecule has 1 aromatic rings. The van der Waals surface area contributed by atoms with E-state index in [1.54, 1.807) is 6.33 Å². The van der Waals surface area contributed by atoms with Gasteiger partial charge in [-0.2, -0.15) is 0 Å². The Kier molecular flexibility index (Phi) is 3.65. The molecule has 100 valence electrons. The van der Waals surface area contributed by atoms with Crippen LogP contribution in [0.15, 0.2) is 6.33 Å². The van der Waals surface area contributed by atoms with E-state index in [1.807, 2.05) is 4.57 Å². The van der Waals surface area contributed by atoms with Crippen LogP contribution in [0.2, 0.25) is 0 Å². The lowest BCUT2D eigenvalue weighted by molar-refractivity contribution is -0.120. The van der Waals surface area contributed by atoms with Gasteiger partial charge in [0.2, 0.25) is 11.9 Å². The number of carbonyl (C=O) groups is 1. The Labute approximate surface area is 107 Å². The van der Waals surface area contributed by atoms with Crippen molar-refractivity contribution in [2.75, 3.05) is 18.4 Å². The number of piperidine rings is 1. The zero-order valence-electron chi connectivity index (χ0n) is 11.2. The third-order valence-corrected chi connectivity index (χ3v) is 3.22. The highest BCUT2D eigenvalue weighted by atomic mass is 16.2. The van der Waals surface area contributed by atoms with Crippen molar-refractivity contribution in [3.8, 4) is 0 Å². The second-order valence-corrected chi connectivity index (χ2v) is 5.71. The first-order valence-corrected chi connectivity index (χ1v) is 6.40. The molecule has 1 saturated heterocycles. The Bertz CT molecular complexity index is 414. The van der Waals surface area contributed by atoms with Gasteiger partial charge in [0.15, 0.2) is 0 Å². The first kappa shape index (κ1) is 13.0. The minimum Gasteiger partial charge on any atom is -0.317 e. The van der Waals surface area contributed by atoms with Gasteiger partial charge in [0.05, 0.1) is 0 Å². The number of nitrogens with zero attached hydrogens (tertiary/aromatic N) is 3. The zero-order valence-corrected chi connectivity index (χ0v) is 11.2. The molecule has 0 unspecified atom stereocenters. The van der Waals surface area contributed by atoms with Crippen LogP contribution in [0.25, 0.3) is 0 Å². The fraction of sp³-hybridized carbons (Fsp3) is 0.750. The summed E-state index contributed by atoms with van der Waals surface area (Å²) in [5.41, 5.74) is -0.139. The van der Waals surface area contributed by atoms with Crippen molar-refractivity contribution in [2.24, 2.45) is 5.92 Å². The van der Waals surface area contributed by atoms with E-state index in [0.29, 0.717) is 5.95 Å². The second kappa shape index (κ2) is 5.06. The Balaban J connectivity index is 2.05. The van der Waals surface area contributed by atoms with Crippen molar-refractivity contribution in [1.29, 1.82) is 0 Å². The van der Waals surface area contributed by atoms with Gasteiger partial charge in [-0.3, -0.25) is 14.7 Å². The standard InChI is InChI=1S/C12H21N5O/c1-12(2,3)17-8-14-16-11(17)15-10(18)9-4-6-13-7-5-9/h8-9,13H,4-7H2,1-3H3,(H,15,16,18). The fourth-order valence-corrected chi connectivity index (χ4v) is 2.11. The van der Waals surface area contributed by atoms with Crippen LogP contribution in [0.1, 0.15) is 33.6 Å². The summed E-state index contributed by atoms with van der Waals surface area (Å²) in [6.45, 7) is 7.97. The highest BCUT2D eigenvalue weighted by molar-refractivity contribution is 5.91. The van der Waals surface area contributed by atoms with Gasteiger partial charge in [0.25, 0.3) is 0 Å². The highest BCUT2D eigenvalue weighted by Crippen LogP contribution is 2.20. The van der Waals surface area contributed by atoms with E-state index in [0.717, 1.165) is 25.9 Å². The number of amides is 1. The van der Waals surface area contributed by atoms with Gasteiger partial charge < -0.3 is 5.32 Å². The van der Waals surface area contributed by atoms with Crippen molar-refractivity contribution in [3.05, 3.63) is 6.33 Å². The molecule has 1 amide bonds. The molecule has 0 aromatic carbocycles. The molecule has 0 spiro atoms. The lowest BCUT2D eigenvalue weighted by Crippen LogP contribution is -2.35. The van der Waals surface area contributed by atoms with Crippen LogP contribution in [-0.4, -0.2) is 33.8 Å². The third kappa shape index (κ3) is 2.87. The summed E-state index contributed by atoms with van der Waals surface area (Å²) in [5, 5.41) is 14.0. The molecular weight excluding hydrogens is 230 g/mol. The maximum Gasteiger partial charge on any atom is 0.231 e. The first-order chi connectivity index (χ1) is 8.48. The number of hydrogen-bond acceptors (Lipinski definition) is 4. The SMILES string of the molecule is CC(C)(C)n1cnnc1NC(=O)C1CCNCC1. The van der Waals surface area contributed by atoms with E-state index in [1.165, 1.54) is 0 Å². The monoisotopic (exact) mass is 251 g/mol. The number of anilines is 1. The Morgan fingerprint density at radius 1 is 1.44 bits per heavy atom. The molecule has 0 bridgehead atoms. The normalized spacial score (nSPS) is 17.7. The van der Waals surface area contributed by atoms with Gasteiger partial charge in [0, 0.05) is 11.5 Å². The van der Waals surface area contributed by atoms with Gasteiger partial charge in [-0.05, 0) is 46.7 Å². The van der Waals surface area contributed by atoms with E-state index in [4.69, 9.17) is 0 Å². The second-order valence-electron chi connectivity index (χ2n) is 5.71. The zero-order chi connectivity index (χ0) is 13.2. The van der Waals surface area contributed by atoms with Crippen LogP contribution in [0.4, 0.5) is 5.95 Å². The largest absolute Gasteiger partial charge is 0.317 e. The van der Waals surface area contributed by atoms with Gasteiger partial charge in [-0.15, -0.1) is 10.2 Å². The number of aromatic nitrogens is 3. The molecule has 6 heteroatoms. The minimum atomic E-state index is -0.139. The van der Waals surface area contributed by atoms with Crippen LogP contribution in [0.3, 0.4) is 0 Å². The van der Waals surface area contributed by atoms with E-state index in [2.05, 4.69) is 41.6 Å². The van der Waals surface area contributed by atoms with Crippen molar-refractivity contribution in [1.82, 2.24) is 20.1 Å². The maximum absolute atomic E-state index is 12.1. The van der Waals surface area contributed by atoms with Crippen molar-refractivity contribution in [2.45, 2.75) is 39.2 Å². The Morgan fingerprint density at radius 3 is 2.72 bits per heavy atom. The molecule has 0 saturated carbocycles. The lowest BCUT2D eigenvalue weighted by atomic mass is 9.97. The minimum absolute atomic E-state index is 0.0509. The summed E-state index contributed by atoms with van der Waals surface area (Å²) >= 11 is 0. The molecule has 2 rings (SSSR count). The molecule has 2 N–H and O–H groups in total. The van der Waals surface area contributed by atoms with Gasteiger partial charge in [-0.25, -0.2) is 0 Å². The molecule has 1 aliphatic rings. The highest BCUT2D eigenvalue weighted by Gasteiger charge is 2.24. The number of carbonyl (C=O) groups excluding carboxylic acids is 1.